The van der Waals surface area contributed by atoms with Crippen LogP contribution < -0.4 is 10.5 Å². The van der Waals surface area contributed by atoms with Gasteiger partial charge in [-0.2, -0.15) is 0 Å². The zero-order valence-corrected chi connectivity index (χ0v) is 9.92. The minimum absolute atomic E-state index is 0.0298. The second-order valence-corrected chi connectivity index (χ2v) is 4.03. The van der Waals surface area contributed by atoms with Crippen LogP contribution in [-0.4, -0.2) is 6.61 Å². The Hall–Kier alpha value is -1.02. The van der Waals surface area contributed by atoms with Crippen LogP contribution in [0.4, 0.5) is 0 Å². The number of unbranched alkanes of at least 4 members (excludes halogenated alkanes) is 1. The van der Waals surface area contributed by atoms with E-state index < -0.39 is 0 Å². The van der Waals surface area contributed by atoms with Gasteiger partial charge in [-0.1, -0.05) is 25.5 Å². The molecule has 0 saturated heterocycles. The molecule has 0 fully saturated rings. The van der Waals surface area contributed by atoms with Gasteiger partial charge in [-0.25, -0.2) is 0 Å². The highest BCUT2D eigenvalue weighted by Crippen LogP contribution is 2.25. The summed E-state index contributed by atoms with van der Waals surface area (Å²) in [6.45, 7) is 6.99. The van der Waals surface area contributed by atoms with Crippen molar-refractivity contribution >= 4 is 0 Å². The van der Waals surface area contributed by atoms with E-state index in [1.165, 1.54) is 5.56 Å². The van der Waals surface area contributed by atoms with Crippen molar-refractivity contribution in [2.24, 2.45) is 5.73 Å². The third kappa shape index (κ3) is 3.56. The Bertz CT molecular complexity index is 307. The zero-order valence-electron chi connectivity index (χ0n) is 9.92. The van der Waals surface area contributed by atoms with Crippen molar-refractivity contribution in [1.29, 1.82) is 0 Å². The van der Waals surface area contributed by atoms with Crippen LogP contribution in [0.15, 0.2) is 18.2 Å². The summed E-state index contributed by atoms with van der Waals surface area (Å²) in [5.74, 6) is 0.943. The van der Waals surface area contributed by atoms with E-state index in [1.54, 1.807) is 0 Å². The first-order chi connectivity index (χ1) is 7.15. The van der Waals surface area contributed by atoms with Crippen LogP contribution in [0.5, 0.6) is 5.75 Å². The second kappa shape index (κ2) is 5.76. The van der Waals surface area contributed by atoms with Gasteiger partial charge in [0, 0.05) is 11.6 Å². The van der Waals surface area contributed by atoms with Crippen LogP contribution in [-0.2, 0) is 0 Å². The van der Waals surface area contributed by atoms with Gasteiger partial charge in [-0.3, -0.25) is 0 Å². The SMILES string of the molecule is CCCCOc1cc(C)ccc1C(C)N. The van der Waals surface area contributed by atoms with Gasteiger partial charge in [0.2, 0.25) is 0 Å². The van der Waals surface area contributed by atoms with Gasteiger partial charge in [-0.05, 0) is 31.9 Å². The molecule has 0 heterocycles. The predicted molar refractivity (Wildman–Crippen MR) is 64.2 cm³/mol. The Morgan fingerprint density at radius 2 is 2.13 bits per heavy atom. The number of hydrogen-bond donors (Lipinski definition) is 1. The smallest absolute Gasteiger partial charge is 0.124 e. The van der Waals surface area contributed by atoms with Crippen molar-refractivity contribution in [1.82, 2.24) is 0 Å². The first-order valence-electron chi connectivity index (χ1n) is 5.64. The van der Waals surface area contributed by atoms with Gasteiger partial charge in [0.1, 0.15) is 5.75 Å². The number of benzene rings is 1. The molecule has 0 spiro atoms. The molecule has 1 atom stereocenters. The zero-order chi connectivity index (χ0) is 11.3. The van der Waals surface area contributed by atoms with Gasteiger partial charge in [0.05, 0.1) is 6.61 Å². The van der Waals surface area contributed by atoms with Crippen LogP contribution in [0.3, 0.4) is 0 Å². The summed E-state index contributed by atoms with van der Waals surface area (Å²) in [7, 11) is 0. The normalized spacial score (nSPS) is 12.5. The molecule has 2 heteroatoms. The van der Waals surface area contributed by atoms with E-state index in [2.05, 4.69) is 32.0 Å². The lowest BCUT2D eigenvalue weighted by Crippen LogP contribution is -2.08. The maximum absolute atomic E-state index is 5.89. The van der Waals surface area contributed by atoms with E-state index in [9.17, 15) is 0 Å². The lowest BCUT2D eigenvalue weighted by Gasteiger charge is -2.14. The fourth-order valence-electron chi connectivity index (χ4n) is 1.47. The van der Waals surface area contributed by atoms with Crippen molar-refractivity contribution < 1.29 is 4.74 Å². The van der Waals surface area contributed by atoms with E-state index in [4.69, 9.17) is 10.5 Å². The molecule has 1 unspecified atom stereocenters. The monoisotopic (exact) mass is 207 g/mol. The van der Waals surface area contributed by atoms with E-state index in [0.29, 0.717) is 0 Å². The van der Waals surface area contributed by atoms with E-state index in [-0.39, 0.29) is 6.04 Å². The topological polar surface area (TPSA) is 35.2 Å². The molecule has 0 amide bonds. The Balaban J connectivity index is 2.77. The average molecular weight is 207 g/mol. The van der Waals surface area contributed by atoms with Crippen LogP contribution >= 0.6 is 0 Å². The average Bonchev–Trinajstić information content (AvgIpc) is 2.18. The molecule has 2 nitrogen and oxygen atoms in total. The van der Waals surface area contributed by atoms with E-state index in [1.807, 2.05) is 6.92 Å². The summed E-state index contributed by atoms with van der Waals surface area (Å²) in [4.78, 5) is 0. The predicted octanol–water partition coefficient (Wildman–Crippen LogP) is 3.19. The molecule has 0 saturated carbocycles. The fraction of sp³-hybridized carbons (Fsp3) is 0.538. The molecule has 1 aromatic carbocycles. The van der Waals surface area contributed by atoms with Gasteiger partial charge < -0.3 is 10.5 Å². The minimum atomic E-state index is 0.0298. The number of hydrogen-bond acceptors (Lipinski definition) is 2. The van der Waals surface area contributed by atoms with Crippen molar-refractivity contribution in [3.8, 4) is 5.75 Å². The molecule has 1 rings (SSSR count). The Morgan fingerprint density at radius 1 is 1.40 bits per heavy atom. The molecular weight excluding hydrogens is 186 g/mol. The lowest BCUT2D eigenvalue weighted by molar-refractivity contribution is 0.305. The van der Waals surface area contributed by atoms with E-state index in [0.717, 1.165) is 30.8 Å². The quantitative estimate of drug-likeness (QED) is 0.752. The highest BCUT2D eigenvalue weighted by Gasteiger charge is 2.07. The third-order valence-corrected chi connectivity index (χ3v) is 2.42. The lowest BCUT2D eigenvalue weighted by atomic mass is 10.1. The summed E-state index contributed by atoms with van der Waals surface area (Å²) in [6.07, 6.45) is 2.24. The third-order valence-electron chi connectivity index (χ3n) is 2.42. The molecule has 0 aliphatic heterocycles. The Kier molecular flexibility index (Phi) is 4.63. The van der Waals surface area contributed by atoms with Crippen molar-refractivity contribution in [3.05, 3.63) is 29.3 Å². The minimum Gasteiger partial charge on any atom is -0.493 e. The van der Waals surface area contributed by atoms with E-state index >= 15 is 0 Å². The Labute approximate surface area is 92.4 Å². The molecular formula is C13H21NO. The molecule has 0 radical (unpaired) electrons. The number of aryl methyl sites for hydroxylation is 1. The Morgan fingerprint density at radius 3 is 2.73 bits per heavy atom. The summed E-state index contributed by atoms with van der Waals surface area (Å²) >= 11 is 0. The summed E-state index contributed by atoms with van der Waals surface area (Å²) in [6, 6.07) is 6.23. The summed E-state index contributed by atoms with van der Waals surface area (Å²) < 4.78 is 5.74. The first-order valence-corrected chi connectivity index (χ1v) is 5.64. The largest absolute Gasteiger partial charge is 0.493 e. The molecule has 15 heavy (non-hydrogen) atoms. The highest BCUT2D eigenvalue weighted by molar-refractivity contribution is 5.38. The molecule has 0 aliphatic carbocycles. The molecule has 0 bridgehead atoms. The van der Waals surface area contributed by atoms with Crippen LogP contribution in [0.1, 0.15) is 43.9 Å². The molecule has 0 aliphatic rings. The number of ether oxygens (including phenoxy) is 1. The van der Waals surface area contributed by atoms with Crippen LogP contribution in [0, 0.1) is 6.92 Å². The molecule has 0 aromatic heterocycles. The molecule has 84 valence electrons. The van der Waals surface area contributed by atoms with Gasteiger partial charge in [0.15, 0.2) is 0 Å². The van der Waals surface area contributed by atoms with Crippen molar-refractivity contribution in [2.45, 2.75) is 39.7 Å². The van der Waals surface area contributed by atoms with Crippen LogP contribution in [0.25, 0.3) is 0 Å². The molecule has 2 N–H and O–H groups in total. The van der Waals surface area contributed by atoms with Gasteiger partial charge in [-0.15, -0.1) is 0 Å². The molecule has 1 aromatic rings. The first kappa shape index (κ1) is 12.1. The maximum atomic E-state index is 5.89. The van der Waals surface area contributed by atoms with Gasteiger partial charge in [0.25, 0.3) is 0 Å². The van der Waals surface area contributed by atoms with Crippen molar-refractivity contribution in [3.63, 3.8) is 0 Å². The summed E-state index contributed by atoms with van der Waals surface area (Å²) in [5.41, 5.74) is 8.20. The van der Waals surface area contributed by atoms with Crippen LogP contribution in [0.2, 0.25) is 0 Å². The highest BCUT2D eigenvalue weighted by atomic mass is 16.5. The van der Waals surface area contributed by atoms with Crippen molar-refractivity contribution in [2.75, 3.05) is 6.61 Å². The fourth-order valence-corrected chi connectivity index (χ4v) is 1.47. The number of rotatable bonds is 5. The maximum Gasteiger partial charge on any atom is 0.124 e. The second-order valence-electron chi connectivity index (χ2n) is 4.03. The number of nitrogens with two attached hydrogens (primary N) is 1. The standard InChI is InChI=1S/C13H21NO/c1-4-5-8-15-13-9-10(2)6-7-12(13)11(3)14/h6-7,9,11H,4-5,8,14H2,1-3H3. The van der Waals surface area contributed by atoms with Gasteiger partial charge >= 0.3 is 0 Å². The summed E-state index contributed by atoms with van der Waals surface area (Å²) in [5, 5.41) is 0.